The first-order valence-electron chi connectivity index (χ1n) is 9.95. The summed E-state index contributed by atoms with van der Waals surface area (Å²) in [5, 5.41) is 8.72. The largest absolute Gasteiger partial charge is 0.481 e. The molecule has 0 saturated carbocycles. The van der Waals surface area contributed by atoms with E-state index in [0.717, 1.165) is 0 Å². The van der Waals surface area contributed by atoms with Crippen molar-refractivity contribution in [1.82, 2.24) is 0 Å². The van der Waals surface area contributed by atoms with Crippen LogP contribution in [0.3, 0.4) is 0 Å². The SMILES string of the molecule is [2H]c1c(C)c(C([2H])([2H])[2H])c2oc3c(C([2H])([2H])C(=O)O)c(C)ccc3c(=O)c2c1[2H]. The first kappa shape index (κ1) is 8.13. The van der Waals surface area contributed by atoms with Gasteiger partial charge in [0.15, 0.2) is 0 Å². The Labute approximate surface area is 136 Å². The van der Waals surface area contributed by atoms with Crippen LogP contribution < -0.4 is 5.43 Å². The smallest absolute Gasteiger partial charge is 0.307 e. The van der Waals surface area contributed by atoms with Gasteiger partial charge < -0.3 is 9.52 Å². The van der Waals surface area contributed by atoms with Gasteiger partial charge in [-0.3, -0.25) is 9.59 Å². The maximum absolute atomic E-state index is 13.1. The Kier molecular flexibility index (Phi) is 1.84. The molecule has 0 amide bonds. The number of hydrogen-bond acceptors (Lipinski definition) is 3. The summed E-state index contributed by atoms with van der Waals surface area (Å²) in [6.07, 6.45) is -2.92. The monoisotopic (exact) mass is 303 g/mol. The summed E-state index contributed by atoms with van der Waals surface area (Å²) in [4.78, 5) is 24.6. The van der Waals surface area contributed by atoms with E-state index in [1.165, 1.54) is 26.0 Å². The van der Waals surface area contributed by atoms with E-state index < -0.39 is 64.4 Å². The second-order valence-electron chi connectivity index (χ2n) is 4.95. The summed E-state index contributed by atoms with van der Waals surface area (Å²) >= 11 is 0. The minimum Gasteiger partial charge on any atom is -0.481 e. The van der Waals surface area contributed by atoms with E-state index in [-0.39, 0.29) is 16.5 Å². The number of hydrogen-bond donors (Lipinski definition) is 1. The fraction of sp³-hybridized carbons (Fsp3) is 0.222. The van der Waals surface area contributed by atoms with Gasteiger partial charge in [0.25, 0.3) is 0 Å². The van der Waals surface area contributed by atoms with Crippen LogP contribution in [0, 0.1) is 20.7 Å². The number of benzene rings is 2. The molecule has 0 aliphatic carbocycles. The number of aryl methyl sites for hydroxylation is 2. The van der Waals surface area contributed by atoms with Gasteiger partial charge in [-0.15, -0.1) is 0 Å². The Morgan fingerprint density at radius 1 is 1.27 bits per heavy atom. The molecule has 1 heterocycles. The molecule has 0 radical (unpaired) electrons. The molecule has 0 atom stereocenters. The van der Waals surface area contributed by atoms with E-state index in [0.29, 0.717) is 0 Å². The third kappa shape index (κ3) is 2.08. The van der Waals surface area contributed by atoms with Crippen molar-refractivity contribution in [3.63, 3.8) is 0 Å². The van der Waals surface area contributed by atoms with E-state index in [1.54, 1.807) is 0 Å². The summed E-state index contributed by atoms with van der Waals surface area (Å²) < 4.78 is 61.1. The minimum absolute atomic E-state index is 0.0690. The normalized spacial score (nSPS) is 17.1. The molecule has 0 aliphatic heterocycles. The van der Waals surface area contributed by atoms with Crippen LogP contribution in [-0.4, -0.2) is 11.1 Å². The zero-order valence-electron chi connectivity index (χ0n) is 18.8. The van der Waals surface area contributed by atoms with Crippen molar-refractivity contribution < 1.29 is 23.9 Å². The number of carboxylic acid groups (broad SMARTS) is 1. The number of carboxylic acids is 1. The third-order valence-corrected chi connectivity index (χ3v) is 3.48. The van der Waals surface area contributed by atoms with Crippen molar-refractivity contribution in [3.05, 3.63) is 56.7 Å². The van der Waals surface area contributed by atoms with Crippen molar-refractivity contribution in [2.24, 2.45) is 0 Å². The molecule has 4 nitrogen and oxygen atoms in total. The Morgan fingerprint density at radius 3 is 2.73 bits per heavy atom. The molecular formula is C18H16O4. The van der Waals surface area contributed by atoms with Crippen LogP contribution in [0.4, 0.5) is 0 Å². The second kappa shape index (κ2) is 4.98. The Balaban J connectivity index is 2.71. The maximum atomic E-state index is 13.1. The lowest BCUT2D eigenvalue weighted by atomic mass is 9.99. The average molecular weight is 303 g/mol. The molecule has 112 valence electrons. The van der Waals surface area contributed by atoms with Gasteiger partial charge in [-0.2, -0.15) is 0 Å². The molecule has 2 aromatic carbocycles. The van der Waals surface area contributed by atoms with Gasteiger partial charge in [0.05, 0.1) is 19.9 Å². The van der Waals surface area contributed by atoms with Gasteiger partial charge in [0.2, 0.25) is 5.43 Å². The summed E-state index contributed by atoms with van der Waals surface area (Å²) in [5.41, 5.74) is -2.39. The van der Waals surface area contributed by atoms with Crippen molar-refractivity contribution in [2.45, 2.75) is 27.1 Å². The van der Waals surface area contributed by atoms with E-state index in [4.69, 9.17) is 14.0 Å². The molecule has 1 N–H and O–H groups in total. The molecule has 1 aromatic heterocycles. The summed E-state index contributed by atoms with van der Waals surface area (Å²) in [6.45, 7) is -0.0247. The maximum Gasteiger partial charge on any atom is 0.307 e. The second-order valence-corrected chi connectivity index (χ2v) is 4.95. The molecule has 0 fully saturated rings. The predicted molar refractivity (Wildman–Crippen MR) is 85.5 cm³/mol. The zero-order valence-corrected chi connectivity index (χ0v) is 11.8. The summed E-state index contributed by atoms with van der Waals surface area (Å²) in [6, 6.07) is 1.72. The highest BCUT2D eigenvalue weighted by Gasteiger charge is 2.16. The molecule has 4 heteroatoms. The Hall–Kier alpha value is -2.62. The molecule has 3 aromatic rings. The van der Waals surface area contributed by atoms with E-state index >= 15 is 0 Å². The van der Waals surface area contributed by atoms with Gasteiger partial charge in [-0.05, 0) is 49.5 Å². The lowest BCUT2D eigenvalue weighted by Gasteiger charge is -2.10. The van der Waals surface area contributed by atoms with Gasteiger partial charge in [0.1, 0.15) is 11.2 Å². The van der Waals surface area contributed by atoms with E-state index in [1.807, 2.05) is 0 Å². The van der Waals surface area contributed by atoms with Gasteiger partial charge in [-0.25, -0.2) is 0 Å². The topological polar surface area (TPSA) is 67.5 Å². The fourth-order valence-corrected chi connectivity index (χ4v) is 2.30. The van der Waals surface area contributed by atoms with Crippen LogP contribution in [0.1, 0.15) is 31.8 Å². The van der Waals surface area contributed by atoms with E-state index in [2.05, 4.69) is 0 Å². The Morgan fingerprint density at radius 2 is 2.05 bits per heavy atom. The van der Waals surface area contributed by atoms with Crippen molar-refractivity contribution >= 4 is 27.9 Å². The van der Waals surface area contributed by atoms with Crippen LogP contribution in [0.2, 0.25) is 0 Å². The average Bonchev–Trinajstić information content (AvgIpc) is 2.57. The third-order valence-electron chi connectivity index (χ3n) is 3.48. The van der Waals surface area contributed by atoms with Crippen LogP contribution >= 0.6 is 0 Å². The quantitative estimate of drug-likeness (QED) is 0.736. The molecule has 0 unspecified atom stereocenters. The fourth-order valence-electron chi connectivity index (χ4n) is 2.30. The van der Waals surface area contributed by atoms with E-state index in [9.17, 15) is 14.7 Å². The van der Waals surface area contributed by atoms with Gasteiger partial charge in [-0.1, -0.05) is 12.1 Å². The Bertz CT molecular complexity index is 1260. The molecule has 0 spiro atoms. The minimum atomic E-state index is -2.92. The molecule has 0 saturated heterocycles. The van der Waals surface area contributed by atoms with Crippen LogP contribution in [-0.2, 0) is 11.2 Å². The molecule has 22 heavy (non-hydrogen) atoms. The lowest BCUT2D eigenvalue weighted by Crippen LogP contribution is -2.08. The highest BCUT2D eigenvalue weighted by Crippen LogP contribution is 2.27. The van der Waals surface area contributed by atoms with Crippen LogP contribution in [0.25, 0.3) is 21.9 Å². The van der Waals surface area contributed by atoms with Crippen molar-refractivity contribution in [3.8, 4) is 0 Å². The molecule has 0 bridgehead atoms. The molecule has 0 aliphatic rings. The van der Waals surface area contributed by atoms with Crippen molar-refractivity contribution in [1.29, 1.82) is 0 Å². The zero-order chi connectivity index (χ0) is 22.0. The summed E-state index contributed by atoms with van der Waals surface area (Å²) in [5.74, 6) is -1.80. The van der Waals surface area contributed by atoms with Crippen molar-refractivity contribution in [2.75, 3.05) is 0 Å². The van der Waals surface area contributed by atoms with Gasteiger partial charge >= 0.3 is 5.97 Å². The predicted octanol–water partition coefficient (Wildman–Crippen LogP) is 3.50. The number of rotatable bonds is 2. The first-order valence-corrected chi connectivity index (χ1v) is 6.45. The van der Waals surface area contributed by atoms with Crippen LogP contribution in [0.15, 0.2) is 33.4 Å². The highest BCUT2D eigenvalue weighted by atomic mass is 16.4. The number of aliphatic carboxylic acids is 1. The molecule has 3 rings (SSSR count). The highest BCUT2D eigenvalue weighted by molar-refractivity contribution is 5.94. The lowest BCUT2D eigenvalue weighted by molar-refractivity contribution is -0.136. The number of fused-ring (bicyclic) bond motifs is 2. The van der Waals surface area contributed by atoms with Crippen LogP contribution in [0.5, 0.6) is 0 Å². The first-order chi connectivity index (χ1) is 13.2. The molecular weight excluding hydrogens is 280 g/mol. The van der Waals surface area contributed by atoms with Gasteiger partial charge in [0, 0.05) is 12.4 Å². The number of carbonyl (C=O) groups is 1. The summed E-state index contributed by atoms with van der Waals surface area (Å²) in [7, 11) is 0. The standard InChI is InChI=1S/C18H16O4/c1-9-4-6-12-16(21)13-7-5-10(2)14(8-15(19)20)18(13)22-17(12)11(9)3/h4-7H,8H2,1-3H3,(H,19,20)/i3D3,4D,6D,8D2.